The molecule has 3 rings (SSSR count). The summed E-state index contributed by atoms with van der Waals surface area (Å²) < 4.78 is 0. The number of halogens is 1. The van der Waals surface area contributed by atoms with Crippen LogP contribution in [0.2, 0.25) is 0 Å². The van der Waals surface area contributed by atoms with Gasteiger partial charge in [-0.1, -0.05) is 30.7 Å². The van der Waals surface area contributed by atoms with Crippen molar-refractivity contribution in [3.63, 3.8) is 0 Å². The predicted octanol–water partition coefficient (Wildman–Crippen LogP) is 3.44. The van der Waals surface area contributed by atoms with Crippen LogP contribution in [0.5, 0.6) is 0 Å². The van der Waals surface area contributed by atoms with Gasteiger partial charge in [-0.25, -0.2) is 0 Å². The third kappa shape index (κ3) is 1.87. The van der Waals surface area contributed by atoms with Crippen LogP contribution in [0.1, 0.15) is 36.4 Å². The highest BCUT2D eigenvalue weighted by atomic mass is 35.5. The van der Waals surface area contributed by atoms with Crippen molar-refractivity contribution in [3.05, 3.63) is 35.4 Å². The number of hydrogen-bond acceptors (Lipinski definition) is 1. The van der Waals surface area contributed by atoms with Crippen molar-refractivity contribution in [1.82, 2.24) is 4.90 Å². The summed E-state index contributed by atoms with van der Waals surface area (Å²) in [6.07, 6.45) is 5.53. The van der Waals surface area contributed by atoms with Crippen molar-refractivity contribution in [3.8, 4) is 0 Å². The molecular formula is C14H20ClN. The topological polar surface area (TPSA) is 3.24 Å². The Morgan fingerprint density at radius 3 is 2.88 bits per heavy atom. The predicted molar refractivity (Wildman–Crippen MR) is 70.1 cm³/mol. The summed E-state index contributed by atoms with van der Waals surface area (Å²) in [4.78, 5) is 2.57. The molecule has 1 fully saturated rings. The fourth-order valence-electron chi connectivity index (χ4n) is 3.42. The van der Waals surface area contributed by atoms with Crippen LogP contribution in [0.4, 0.5) is 0 Å². The first kappa shape index (κ1) is 11.9. The fourth-order valence-corrected chi connectivity index (χ4v) is 3.42. The Hall–Kier alpha value is -0.530. The Morgan fingerprint density at radius 2 is 2.00 bits per heavy atom. The quantitative estimate of drug-likeness (QED) is 0.668. The van der Waals surface area contributed by atoms with Gasteiger partial charge in [-0.3, -0.25) is 4.90 Å². The third-order valence-corrected chi connectivity index (χ3v) is 4.11. The summed E-state index contributed by atoms with van der Waals surface area (Å²) in [5.41, 5.74) is 3.20. The number of benzene rings is 1. The second-order valence-electron chi connectivity index (χ2n) is 5.08. The molecule has 0 saturated carbocycles. The van der Waals surface area contributed by atoms with Crippen molar-refractivity contribution in [2.75, 3.05) is 13.6 Å². The molecule has 1 aliphatic heterocycles. The lowest BCUT2D eigenvalue weighted by Crippen LogP contribution is -2.26. The third-order valence-electron chi connectivity index (χ3n) is 4.11. The van der Waals surface area contributed by atoms with Crippen LogP contribution < -0.4 is 0 Å². The number of likely N-dealkylation sites (tertiary alicyclic amines) is 1. The van der Waals surface area contributed by atoms with Crippen LogP contribution in [-0.4, -0.2) is 18.5 Å². The van der Waals surface area contributed by atoms with Crippen LogP contribution in [0, 0.1) is 5.92 Å². The van der Waals surface area contributed by atoms with Gasteiger partial charge in [-0.15, -0.1) is 12.4 Å². The van der Waals surface area contributed by atoms with Crippen molar-refractivity contribution < 1.29 is 0 Å². The SMILES string of the molecule is CN1CCCCC2Cc3ccccc3C21.Cl. The van der Waals surface area contributed by atoms with Gasteiger partial charge in [0.15, 0.2) is 0 Å². The van der Waals surface area contributed by atoms with E-state index in [1.165, 1.54) is 32.2 Å². The molecule has 1 saturated heterocycles. The lowest BCUT2D eigenvalue weighted by atomic mass is 9.96. The molecule has 16 heavy (non-hydrogen) atoms. The van der Waals surface area contributed by atoms with Gasteiger partial charge in [0, 0.05) is 6.04 Å². The molecule has 0 aromatic heterocycles. The Kier molecular flexibility index (Phi) is 3.56. The van der Waals surface area contributed by atoms with Crippen LogP contribution in [-0.2, 0) is 6.42 Å². The van der Waals surface area contributed by atoms with Crippen LogP contribution in [0.3, 0.4) is 0 Å². The Balaban J connectivity index is 0.000000963. The maximum absolute atomic E-state index is 2.57. The van der Waals surface area contributed by atoms with E-state index in [1.807, 2.05) is 0 Å². The van der Waals surface area contributed by atoms with Crippen molar-refractivity contribution in [2.45, 2.75) is 31.7 Å². The first-order valence-corrected chi connectivity index (χ1v) is 6.14. The zero-order valence-corrected chi connectivity index (χ0v) is 10.7. The molecule has 0 N–H and O–H groups in total. The molecule has 0 amide bonds. The summed E-state index contributed by atoms with van der Waals surface area (Å²) >= 11 is 0. The largest absolute Gasteiger partial charge is 0.299 e. The molecule has 2 atom stereocenters. The smallest absolute Gasteiger partial charge is 0.0379 e. The zero-order valence-electron chi connectivity index (χ0n) is 9.86. The number of rotatable bonds is 0. The van der Waals surface area contributed by atoms with Gasteiger partial charge < -0.3 is 0 Å². The molecule has 0 spiro atoms. The van der Waals surface area contributed by atoms with Gasteiger partial charge in [-0.2, -0.15) is 0 Å². The highest BCUT2D eigenvalue weighted by Crippen LogP contribution is 2.43. The van der Waals surface area contributed by atoms with E-state index in [4.69, 9.17) is 0 Å². The zero-order chi connectivity index (χ0) is 10.3. The molecule has 2 aliphatic rings. The van der Waals surface area contributed by atoms with E-state index in [0.717, 1.165) is 5.92 Å². The van der Waals surface area contributed by atoms with Crippen molar-refractivity contribution in [1.29, 1.82) is 0 Å². The average Bonchev–Trinajstić information content (AvgIpc) is 2.53. The number of nitrogens with zero attached hydrogens (tertiary/aromatic N) is 1. The van der Waals surface area contributed by atoms with Crippen molar-refractivity contribution in [2.24, 2.45) is 5.92 Å². The maximum Gasteiger partial charge on any atom is 0.0379 e. The normalized spacial score (nSPS) is 28.8. The Bertz CT molecular complexity index is 364. The van der Waals surface area contributed by atoms with Gasteiger partial charge in [0.05, 0.1) is 0 Å². The summed E-state index contributed by atoms with van der Waals surface area (Å²) in [6, 6.07) is 9.74. The van der Waals surface area contributed by atoms with E-state index in [2.05, 4.69) is 36.2 Å². The van der Waals surface area contributed by atoms with E-state index < -0.39 is 0 Å². The van der Waals surface area contributed by atoms with E-state index in [-0.39, 0.29) is 12.4 Å². The minimum atomic E-state index is 0. The number of hydrogen-bond donors (Lipinski definition) is 0. The first-order chi connectivity index (χ1) is 7.36. The fraction of sp³-hybridized carbons (Fsp3) is 0.571. The van der Waals surface area contributed by atoms with E-state index in [1.54, 1.807) is 11.1 Å². The molecule has 1 aromatic rings. The maximum atomic E-state index is 2.57. The molecule has 2 heteroatoms. The lowest BCUT2D eigenvalue weighted by Gasteiger charge is -2.27. The van der Waals surface area contributed by atoms with Crippen LogP contribution in [0.15, 0.2) is 24.3 Å². The Labute approximate surface area is 104 Å². The highest BCUT2D eigenvalue weighted by Gasteiger charge is 2.35. The molecule has 1 nitrogen and oxygen atoms in total. The van der Waals surface area contributed by atoms with Crippen molar-refractivity contribution >= 4 is 12.4 Å². The molecule has 0 bridgehead atoms. The molecular weight excluding hydrogens is 218 g/mol. The van der Waals surface area contributed by atoms with Gasteiger partial charge >= 0.3 is 0 Å². The van der Waals surface area contributed by atoms with E-state index >= 15 is 0 Å². The number of fused-ring (bicyclic) bond motifs is 3. The average molecular weight is 238 g/mol. The minimum Gasteiger partial charge on any atom is -0.299 e. The Morgan fingerprint density at radius 1 is 1.19 bits per heavy atom. The van der Waals surface area contributed by atoms with Gasteiger partial charge in [0.25, 0.3) is 0 Å². The lowest BCUT2D eigenvalue weighted by molar-refractivity contribution is 0.208. The van der Waals surface area contributed by atoms with Gasteiger partial charge in [0.2, 0.25) is 0 Å². The molecule has 88 valence electrons. The monoisotopic (exact) mass is 237 g/mol. The molecule has 1 heterocycles. The van der Waals surface area contributed by atoms with Gasteiger partial charge in [-0.05, 0) is 49.9 Å². The van der Waals surface area contributed by atoms with Gasteiger partial charge in [0.1, 0.15) is 0 Å². The van der Waals surface area contributed by atoms with E-state index in [0.29, 0.717) is 6.04 Å². The molecule has 2 unspecified atom stereocenters. The van der Waals surface area contributed by atoms with Crippen LogP contribution >= 0.6 is 12.4 Å². The summed E-state index contributed by atoms with van der Waals surface area (Å²) in [6.45, 7) is 1.27. The second kappa shape index (κ2) is 4.77. The summed E-state index contributed by atoms with van der Waals surface area (Å²) in [5, 5.41) is 0. The molecule has 0 radical (unpaired) electrons. The molecule has 1 aromatic carbocycles. The minimum absolute atomic E-state index is 0. The van der Waals surface area contributed by atoms with E-state index in [9.17, 15) is 0 Å². The highest BCUT2D eigenvalue weighted by molar-refractivity contribution is 5.85. The standard InChI is InChI=1S/C14H19N.ClH/c1-15-9-5-4-7-12-10-11-6-2-3-8-13(11)14(12)15;/h2-3,6,8,12,14H,4-5,7,9-10H2,1H3;1H. The first-order valence-electron chi connectivity index (χ1n) is 6.14. The molecule has 1 aliphatic carbocycles. The van der Waals surface area contributed by atoms with Crippen LogP contribution in [0.25, 0.3) is 0 Å². The summed E-state index contributed by atoms with van der Waals surface area (Å²) in [5.74, 6) is 0.884. The summed E-state index contributed by atoms with van der Waals surface area (Å²) in [7, 11) is 2.30. The second-order valence-corrected chi connectivity index (χ2v) is 5.08.